The molecule has 112 valence electrons. The van der Waals surface area contributed by atoms with Gasteiger partial charge in [0.15, 0.2) is 0 Å². The van der Waals surface area contributed by atoms with Gasteiger partial charge < -0.3 is 15.3 Å². The fraction of sp³-hybridized carbons (Fsp3) is 0.929. The summed E-state index contributed by atoms with van der Waals surface area (Å²) >= 11 is 0. The molecule has 0 aliphatic carbocycles. The Balaban J connectivity index is 2.68. The van der Waals surface area contributed by atoms with Gasteiger partial charge in [0.2, 0.25) is 0 Å². The molecule has 1 rings (SSSR count). The Morgan fingerprint density at radius 3 is 2.00 bits per heavy atom. The van der Waals surface area contributed by atoms with Gasteiger partial charge in [0.25, 0.3) is 0 Å². The highest BCUT2D eigenvalue weighted by atomic mass is 16.6. The first-order valence-electron chi connectivity index (χ1n) is 6.82. The maximum atomic E-state index is 11.8. The molecule has 0 radical (unpaired) electrons. The van der Waals surface area contributed by atoms with Crippen LogP contribution in [0.5, 0.6) is 0 Å². The third-order valence-corrected chi connectivity index (χ3v) is 3.36. The first-order valence-corrected chi connectivity index (χ1v) is 6.82. The first-order chi connectivity index (χ1) is 8.33. The number of nitrogens with zero attached hydrogens (tertiary/aromatic N) is 1. The smallest absolute Gasteiger partial charge is 0.407 e. The van der Waals surface area contributed by atoms with Crippen molar-refractivity contribution in [2.45, 2.75) is 84.0 Å². The monoisotopic (exact) mass is 272 g/mol. The van der Waals surface area contributed by atoms with Crippen molar-refractivity contribution < 1.29 is 14.7 Å². The van der Waals surface area contributed by atoms with Crippen LogP contribution >= 0.6 is 0 Å². The molecule has 0 bridgehead atoms. The molecule has 1 amide bonds. The predicted molar refractivity (Wildman–Crippen MR) is 74.2 cm³/mol. The lowest BCUT2D eigenvalue weighted by molar-refractivity contribution is -0.245. The summed E-state index contributed by atoms with van der Waals surface area (Å²) in [6, 6.07) is 0.00301. The third kappa shape index (κ3) is 4.35. The van der Waals surface area contributed by atoms with Gasteiger partial charge in [-0.3, -0.25) is 0 Å². The van der Waals surface area contributed by atoms with E-state index in [1.165, 1.54) is 5.06 Å². The summed E-state index contributed by atoms with van der Waals surface area (Å²) in [7, 11) is 0. The molecular formula is C14H28N2O3. The summed E-state index contributed by atoms with van der Waals surface area (Å²) in [6.45, 7) is 13.4. The summed E-state index contributed by atoms with van der Waals surface area (Å²) in [4.78, 5) is 11.8. The second-order valence-electron chi connectivity index (χ2n) is 7.69. The lowest BCUT2D eigenvalue weighted by Crippen LogP contribution is -2.63. The van der Waals surface area contributed by atoms with Crippen molar-refractivity contribution in [2.24, 2.45) is 0 Å². The van der Waals surface area contributed by atoms with Gasteiger partial charge in [0.05, 0.1) is 0 Å². The molecule has 5 nitrogen and oxygen atoms in total. The van der Waals surface area contributed by atoms with Gasteiger partial charge in [-0.1, -0.05) is 0 Å². The number of hydrogen-bond acceptors (Lipinski definition) is 4. The summed E-state index contributed by atoms with van der Waals surface area (Å²) in [5.74, 6) is 0. The van der Waals surface area contributed by atoms with Crippen molar-refractivity contribution in [3.63, 3.8) is 0 Å². The molecule has 1 aliphatic heterocycles. The normalized spacial score (nSPS) is 24.0. The molecule has 0 saturated carbocycles. The number of piperidine rings is 1. The van der Waals surface area contributed by atoms with Crippen LogP contribution in [0.3, 0.4) is 0 Å². The number of carbonyl (C=O) groups is 1. The highest BCUT2D eigenvalue weighted by Gasteiger charge is 2.45. The molecule has 1 heterocycles. The van der Waals surface area contributed by atoms with Crippen molar-refractivity contribution in [3.8, 4) is 0 Å². The predicted octanol–water partition coefficient (Wildman–Crippen LogP) is 2.92. The van der Waals surface area contributed by atoms with Crippen LogP contribution in [0, 0.1) is 0 Å². The van der Waals surface area contributed by atoms with E-state index in [0.29, 0.717) is 12.8 Å². The van der Waals surface area contributed by atoms with Gasteiger partial charge in [-0.15, -0.1) is 0 Å². The van der Waals surface area contributed by atoms with E-state index in [-0.39, 0.29) is 17.1 Å². The molecule has 2 N–H and O–H groups in total. The van der Waals surface area contributed by atoms with E-state index in [2.05, 4.69) is 5.32 Å². The molecule has 0 aromatic heterocycles. The minimum atomic E-state index is -0.493. The molecule has 1 fully saturated rings. The Kier molecular flexibility index (Phi) is 4.23. The largest absolute Gasteiger partial charge is 0.444 e. The number of amides is 1. The number of nitrogens with one attached hydrogen (secondary N) is 1. The molecule has 0 unspecified atom stereocenters. The molecule has 0 aromatic carbocycles. The standard InChI is InChI=1S/C14H28N2O3/c1-12(2,3)19-11(17)15-10-8-13(4,5)16(18)14(6,7)9-10/h10,18H,8-9H2,1-7H3,(H,15,17). The van der Waals surface area contributed by atoms with Gasteiger partial charge in [0.1, 0.15) is 5.60 Å². The minimum Gasteiger partial charge on any atom is -0.444 e. The Morgan fingerprint density at radius 2 is 1.63 bits per heavy atom. The van der Waals surface area contributed by atoms with Crippen LogP contribution in [0.2, 0.25) is 0 Å². The lowest BCUT2D eigenvalue weighted by atomic mass is 9.79. The highest BCUT2D eigenvalue weighted by Crippen LogP contribution is 2.36. The number of rotatable bonds is 1. The van der Waals surface area contributed by atoms with Gasteiger partial charge in [-0.05, 0) is 61.3 Å². The lowest BCUT2D eigenvalue weighted by Gasteiger charge is -2.51. The van der Waals surface area contributed by atoms with Crippen LogP contribution in [0.1, 0.15) is 61.3 Å². The fourth-order valence-corrected chi connectivity index (χ4v) is 2.85. The molecule has 0 aromatic rings. The van der Waals surface area contributed by atoms with E-state index in [4.69, 9.17) is 4.74 Å². The van der Waals surface area contributed by atoms with Crippen molar-refractivity contribution in [3.05, 3.63) is 0 Å². The minimum absolute atomic E-state index is 0.00301. The molecule has 5 heteroatoms. The van der Waals surface area contributed by atoms with Gasteiger partial charge in [0, 0.05) is 17.1 Å². The van der Waals surface area contributed by atoms with Crippen LogP contribution in [0.15, 0.2) is 0 Å². The fourth-order valence-electron chi connectivity index (χ4n) is 2.85. The molecule has 0 spiro atoms. The summed E-state index contributed by atoms with van der Waals surface area (Å²) in [5, 5.41) is 14.5. The van der Waals surface area contributed by atoms with Crippen molar-refractivity contribution >= 4 is 6.09 Å². The average Bonchev–Trinajstić information content (AvgIpc) is 2.09. The summed E-state index contributed by atoms with van der Waals surface area (Å²) in [5.41, 5.74) is -1.24. The second kappa shape index (κ2) is 4.94. The molecule has 1 aliphatic rings. The van der Waals surface area contributed by atoms with E-state index in [9.17, 15) is 10.0 Å². The van der Waals surface area contributed by atoms with Gasteiger partial charge in [-0.25, -0.2) is 4.79 Å². The van der Waals surface area contributed by atoms with Crippen LogP contribution in [-0.4, -0.2) is 39.1 Å². The van der Waals surface area contributed by atoms with E-state index in [1.807, 2.05) is 48.5 Å². The maximum Gasteiger partial charge on any atom is 0.407 e. The topological polar surface area (TPSA) is 61.8 Å². The van der Waals surface area contributed by atoms with E-state index >= 15 is 0 Å². The first kappa shape index (κ1) is 16.2. The van der Waals surface area contributed by atoms with Gasteiger partial charge >= 0.3 is 6.09 Å². The molecule has 0 atom stereocenters. The van der Waals surface area contributed by atoms with Crippen molar-refractivity contribution in [2.75, 3.05) is 0 Å². The number of hydrogen-bond donors (Lipinski definition) is 2. The summed E-state index contributed by atoms with van der Waals surface area (Å²) in [6.07, 6.45) is 0.980. The number of alkyl carbamates (subject to hydrolysis) is 1. The quantitative estimate of drug-likeness (QED) is 0.770. The second-order valence-corrected chi connectivity index (χ2v) is 7.69. The number of carbonyl (C=O) groups excluding carboxylic acids is 1. The maximum absolute atomic E-state index is 11.8. The Hall–Kier alpha value is -0.810. The summed E-state index contributed by atoms with van der Waals surface area (Å²) < 4.78 is 5.28. The Bertz CT molecular complexity index is 327. The zero-order valence-corrected chi connectivity index (χ0v) is 13.2. The highest BCUT2D eigenvalue weighted by molar-refractivity contribution is 5.68. The zero-order chi connectivity index (χ0) is 15.1. The van der Waals surface area contributed by atoms with E-state index < -0.39 is 11.7 Å². The van der Waals surface area contributed by atoms with E-state index in [1.54, 1.807) is 0 Å². The van der Waals surface area contributed by atoms with Crippen LogP contribution in [0.25, 0.3) is 0 Å². The molecule has 1 saturated heterocycles. The van der Waals surface area contributed by atoms with Crippen molar-refractivity contribution in [1.82, 2.24) is 10.4 Å². The van der Waals surface area contributed by atoms with Crippen LogP contribution in [-0.2, 0) is 4.74 Å². The average molecular weight is 272 g/mol. The van der Waals surface area contributed by atoms with Gasteiger partial charge in [-0.2, -0.15) is 5.06 Å². The molecule has 19 heavy (non-hydrogen) atoms. The molecular weight excluding hydrogens is 244 g/mol. The van der Waals surface area contributed by atoms with Crippen LogP contribution in [0.4, 0.5) is 4.79 Å². The number of hydroxylamine groups is 2. The van der Waals surface area contributed by atoms with Crippen molar-refractivity contribution in [1.29, 1.82) is 0 Å². The Labute approximate surface area is 116 Å². The number of ether oxygens (including phenoxy) is 1. The Morgan fingerprint density at radius 1 is 1.21 bits per heavy atom. The van der Waals surface area contributed by atoms with E-state index in [0.717, 1.165) is 0 Å². The van der Waals surface area contributed by atoms with Crippen LogP contribution < -0.4 is 5.32 Å². The SMILES string of the molecule is CC(C)(C)OC(=O)NC1CC(C)(C)N(O)C(C)(C)C1. The third-order valence-electron chi connectivity index (χ3n) is 3.36. The zero-order valence-electron chi connectivity index (χ0n) is 13.2.